The van der Waals surface area contributed by atoms with E-state index >= 15 is 0 Å². The maximum Gasteiger partial charge on any atom is 0.242 e. The summed E-state index contributed by atoms with van der Waals surface area (Å²) in [6.07, 6.45) is 7.54. The van der Waals surface area contributed by atoms with Crippen molar-refractivity contribution in [3.8, 4) is 0 Å². The van der Waals surface area contributed by atoms with Crippen LogP contribution in [0.3, 0.4) is 0 Å². The van der Waals surface area contributed by atoms with Crippen LogP contribution in [-0.2, 0) is 9.59 Å². The van der Waals surface area contributed by atoms with Gasteiger partial charge in [0.25, 0.3) is 0 Å². The van der Waals surface area contributed by atoms with Gasteiger partial charge in [0.15, 0.2) is 5.96 Å². The Morgan fingerprint density at radius 3 is 2.68 bits per heavy atom. The van der Waals surface area contributed by atoms with Crippen LogP contribution in [0.5, 0.6) is 0 Å². The minimum absolute atomic E-state index is 0.0833. The Balaban J connectivity index is 1.88. The van der Waals surface area contributed by atoms with E-state index in [4.69, 9.17) is 11.1 Å². The molecule has 2 fully saturated rings. The molecule has 0 bridgehead atoms. The summed E-state index contributed by atoms with van der Waals surface area (Å²) in [7, 11) is 0. The number of nitrogens with two attached hydrogens (primary N) is 1. The van der Waals surface area contributed by atoms with Crippen molar-refractivity contribution in [1.82, 2.24) is 15.5 Å². The number of guanidine groups is 1. The average molecular weight is 309 g/mol. The smallest absolute Gasteiger partial charge is 0.242 e. The molecule has 2 rings (SSSR count). The third-order valence-electron chi connectivity index (χ3n) is 4.72. The Morgan fingerprint density at radius 1 is 1.32 bits per heavy atom. The molecule has 0 spiro atoms. The molecule has 22 heavy (non-hydrogen) atoms. The molecule has 0 radical (unpaired) electrons. The highest BCUT2D eigenvalue weighted by Gasteiger charge is 2.28. The predicted octanol–water partition coefficient (Wildman–Crippen LogP) is 0.155. The zero-order valence-electron chi connectivity index (χ0n) is 13.0. The highest BCUT2D eigenvalue weighted by molar-refractivity contribution is 5.83. The fraction of sp³-hybridized carbons (Fsp3) is 0.800. The van der Waals surface area contributed by atoms with E-state index in [1.165, 1.54) is 0 Å². The molecule has 7 heteroatoms. The molecule has 7 nitrogen and oxygen atoms in total. The van der Waals surface area contributed by atoms with Gasteiger partial charge in [-0.15, -0.1) is 0 Å². The monoisotopic (exact) mass is 309 g/mol. The first-order valence-corrected chi connectivity index (χ1v) is 8.19. The van der Waals surface area contributed by atoms with Crippen molar-refractivity contribution >= 4 is 18.3 Å². The van der Waals surface area contributed by atoms with Gasteiger partial charge < -0.3 is 21.3 Å². The van der Waals surface area contributed by atoms with E-state index in [1.54, 1.807) is 0 Å². The van der Waals surface area contributed by atoms with E-state index in [1.807, 2.05) is 4.90 Å². The highest BCUT2D eigenvalue weighted by atomic mass is 16.2. The summed E-state index contributed by atoms with van der Waals surface area (Å²) in [6.45, 7) is 1.48. The van der Waals surface area contributed by atoms with Crippen molar-refractivity contribution in [3.63, 3.8) is 0 Å². The summed E-state index contributed by atoms with van der Waals surface area (Å²) in [4.78, 5) is 25.0. The molecule has 5 N–H and O–H groups in total. The predicted molar refractivity (Wildman–Crippen MR) is 84.2 cm³/mol. The van der Waals surface area contributed by atoms with Gasteiger partial charge in [-0.05, 0) is 38.0 Å². The largest absolute Gasteiger partial charge is 0.370 e. The van der Waals surface area contributed by atoms with Crippen molar-refractivity contribution < 1.29 is 9.59 Å². The van der Waals surface area contributed by atoms with Gasteiger partial charge in [0.2, 0.25) is 12.3 Å². The van der Waals surface area contributed by atoms with E-state index in [2.05, 4.69) is 10.6 Å². The van der Waals surface area contributed by atoms with Crippen LogP contribution in [0.2, 0.25) is 0 Å². The second kappa shape index (κ2) is 8.00. The molecule has 1 unspecified atom stereocenters. The molecule has 2 amide bonds. The third-order valence-corrected chi connectivity index (χ3v) is 4.72. The number of carbonyl (C=O) groups excluding carboxylic acids is 2. The summed E-state index contributed by atoms with van der Waals surface area (Å²) in [5.74, 6) is 0.267. The maximum absolute atomic E-state index is 12.4. The van der Waals surface area contributed by atoms with Crippen LogP contribution >= 0.6 is 0 Å². The zero-order chi connectivity index (χ0) is 15.9. The van der Waals surface area contributed by atoms with Gasteiger partial charge in [-0.25, -0.2) is 0 Å². The van der Waals surface area contributed by atoms with Crippen LogP contribution in [-0.4, -0.2) is 48.3 Å². The van der Waals surface area contributed by atoms with Crippen molar-refractivity contribution in [2.75, 3.05) is 13.1 Å². The van der Waals surface area contributed by atoms with Gasteiger partial charge in [-0.3, -0.25) is 15.0 Å². The molecule has 1 saturated heterocycles. The first-order chi connectivity index (χ1) is 10.6. The van der Waals surface area contributed by atoms with Crippen LogP contribution < -0.4 is 16.4 Å². The molecule has 0 aromatic rings. The van der Waals surface area contributed by atoms with Crippen molar-refractivity contribution in [2.45, 2.75) is 57.0 Å². The standard InChI is InChI=1S/C15H27N5O2/c16-15(17)20-7-3-4-11(9-20)8-13(18-10-21)14(22)19-12-5-1-2-6-12/h10-13H,1-9H2,(H3,16,17)(H,18,21)(H,19,22)/t11?,13-/m0/s1. The summed E-state index contributed by atoms with van der Waals surface area (Å²) in [5, 5.41) is 13.2. The first kappa shape index (κ1) is 16.6. The highest BCUT2D eigenvalue weighted by Crippen LogP contribution is 2.22. The summed E-state index contributed by atoms with van der Waals surface area (Å²) in [6, 6.07) is -0.237. The minimum atomic E-state index is -0.491. The van der Waals surface area contributed by atoms with Crippen molar-refractivity contribution in [3.05, 3.63) is 0 Å². The van der Waals surface area contributed by atoms with Gasteiger partial charge in [-0.1, -0.05) is 12.8 Å². The van der Waals surface area contributed by atoms with Gasteiger partial charge in [0, 0.05) is 19.1 Å². The normalized spacial score (nSPS) is 23.8. The topological polar surface area (TPSA) is 111 Å². The summed E-state index contributed by atoms with van der Waals surface area (Å²) < 4.78 is 0. The number of amides is 2. The average Bonchev–Trinajstić information content (AvgIpc) is 3.00. The fourth-order valence-electron chi connectivity index (χ4n) is 3.51. The number of hydrogen-bond donors (Lipinski definition) is 4. The number of rotatable bonds is 6. The molecule has 2 aliphatic rings. The lowest BCUT2D eigenvalue weighted by atomic mass is 9.91. The fourth-order valence-corrected chi connectivity index (χ4v) is 3.51. The second-order valence-corrected chi connectivity index (χ2v) is 6.40. The van der Waals surface area contributed by atoms with Gasteiger partial charge in [0.1, 0.15) is 6.04 Å². The van der Waals surface area contributed by atoms with E-state index in [0.717, 1.165) is 45.1 Å². The minimum Gasteiger partial charge on any atom is -0.370 e. The SMILES string of the molecule is N=C(N)N1CCCC(C[C@H](NC=O)C(=O)NC2CCCC2)C1. The van der Waals surface area contributed by atoms with E-state index in [9.17, 15) is 9.59 Å². The number of piperidine rings is 1. The zero-order valence-corrected chi connectivity index (χ0v) is 13.0. The van der Waals surface area contributed by atoms with Crippen molar-refractivity contribution in [2.24, 2.45) is 11.7 Å². The molecule has 2 atom stereocenters. The Bertz CT molecular complexity index is 409. The molecule has 124 valence electrons. The van der Waals surface area contributed by atoms with Gasteiger partial charge >= 0.3 is 0 Å². The van der Waals surface area contributed by atoms with Crippen LogP contribution in [0.25, 0.3) is 0 Å². The summed E-state index contributed by atoms with van der Waals surface area (Å²) >= 11 is 0. The molecule has 0 aromatic heterocycles. The quantitative estimate of drug-likeness (QED) is 0.318. The first-order valence-electron chi connectivity index (χ1n) is 8.19. The Labute approximate surface area is 131 Å². The van der Waals surface area contributed by atoms with Gasteiger partial charge in [0.05, 0.1) is 0 Å². The molecule has 1 aliphatic carbocycles. The number of nitrogens with zero attached hydrogens (tertiary/aromatic N) is 1. The summed E-state index contributed by atoms with van der Waals surface area (Å²) in [5.41, 5.74) is 5.55. The third kappa shape index (κ3) is 4.61. The van der Waals surface area contributed by atoms with E-state index in [0.29, 0.717) is 19.4 Å². The molecule has 1 saturated carbocycles. The molecule has 1 aliphatic heterocycles. The molecular formula is C15H27N5O2. The van der Waals surface area contributed by atoms with Crippen LogP contribution in [0, 0.1) is 11.3 Å². The Morgan fingerprint density at radius 2 is 2.05 bits per heavy atom. The lowest BCUT2D eigenvalue weighted by molar-refractivity contribution is -0.126. The van der Waals surface area contributed by atoms with Gasteiger partial charge in [-0.2, -0.15) is 0 Å². The van der Waals surface area contributed by atoms with Crippen LogP contribution in [0.1, 0.15) is 44.9 Å². The second-order valence-electron chi connectivity index (χ2n) is 6.40. The molecular weight excluding hydrogens is 282 g/mol. The van der Waals surface area contributed by atoms with Crippen LogP contribution in [0.15, 0.2) is 0 Å². The number of nitrogens with one attached hydrogen (secondary N) is 3. The maximum atomic E-state index is 12.4. The molecule has 0 aromatic carbocycles. The Hall–Kier alpha value is -1.79. The number of hydrogen-bond acceptors (Lipinski definition) is 3. The lowest BCUT2D eigenvalue weighted by Crippen LogP contribution is -2.50. The van der Waals surface area contributed by atoms with E-state index < -0.39 is 6.04 Å². The van der Waals surface area contributed by atoms with E-state index in [-0.39, 0.29) is 23.8 Å². The molecule has 1 heterocycles. The number of likely N-dealkylation sites (tertiary alicyclic amines) is 1. The van der Waals surface area contributed by atoms with Crippen LogP contribution in [0.4, 0.5) is 0 Å². The van der Waals surface area contributed by atoms with Crippen molar-refractivity contribution in [1.29, 1.82) is 5.41 Å². The lowest BCUT2D eigenvalue weighted by Gasteiger charge is -2.34. The Kier molecular flexibility index (Phi) is 6.03. The number of carbonyl (C=O) groups is 2.